The molecule has 1 aromatic heterocycles. The van der Waals surface area contributed by atoms with Crippen molar-refractivity contribution in [2.45, 2.75) is 58.2 Å². The fourth-order valence-electron chi connectivity index (χ4n) is 2.62. The molecule has 0 saturated carbocycles. The van der Waals surface area contributed by atoms with Crippen molar-refractivity contribution in [3.05, 3.63) is 18.0 Å². The Bertz CT molecular complexity index is 455. The number of hydrogen-bond acceptors (Lipinski definition) is 3. The molecular formula is C14H23N3O2. The third-order valence-electron chi connectivity index (χ3n) is 4.05. The zero-order chi connectivity index (χ0) is 14.0. The molecule has 0 aliphatic carbocycles. The van der Waals surface area contributed by atoms with E-state index in [2.05, 4.69) is 18.9 Å². The minimum Gasteiger partial charge on any atom is -0.480 e. The second-order valence-corrected chi connectivity index (χ2v) is 5.84. The molecular weight excluding hydrogens is 242 g/mol. The monoisotopic (exact) mass is 265 g/mol. The van der Waals surface area contributed by atoms with Crippen molar-refractivity contribution in [3.8, 4) is 0 Å². The SMILES string of the molecule is CC(C)n1ccc(CN2CCCCC2(C)C(=O)O)n1. The summed E-state index contributed by atoms with van der Waals surface area (Å²) in [7, 11) is 0. The van der Waals surface area contributed by atoms with Crippen molar-refractivity contribution in [1.29, 1.82) is 0 Å². The van der Waals surface area contributed by atoms with Crippen molar-refractivity contribution in [2.24, 2.45) is 0 Å². The van der Waals surface area contributed by atoms with Crippen LogP contribution in [0.15, 0.2) is 12.3 Å². The molecule has 2 heterocycles. The van der Waals surface area contributed by atoms with Crippen LogP contribution in [0.3, 0.4) is 0 Å². The van der Waals surface area contributed by atoms with Gasteiger partial charge in [0.1, 0.15) is 5.54 Å². The summed E-state index contributed by atoms with van der Waals surface area (Å²) < 4.78 is 1.91. The van der Waals surface area contributed by atoms with Crippen molar-refractivity contribution >= 4 is 5.97 Å². The molecule has 0 bridgehead atoms. The van der Waals surface area contributed by atoms with Crippen LogP contribution < -0.4 is 0 Å². The summed E-state index contributed by atoms with van der Waals surface area (Å²) in [6.45, 7) is 7.44. The molecule has 0 aromatic carbocycles. The lowest BCUT2D eigenvalue weighted by Crippen LogP contribution is -2.54. The molecule has 1 N–H and O–H groups in total. The number of carboxylic acids is 1. The Morgan fingerprint density at radius 2 is 2.26 bits per heavy atom. The number of nitrogens with zero attached hydrogens (tertiary/aromatic N) is 3. The molecule has 1 saturated heterocycles. The predicted octanol–water partition coefficient (Wildman–Crippen LogP) is 2.29. The molecule has 1 unspecified atom stereocenters. The van der Waals surface area contributed by atoms with Crippen molar-refractivity contribution in [2.75, 3.05) is 6.54 Å². The maximum Gasteiger partial charge on any atom is 0.323 e. The smallest absolute Gasteiger partial charge is 0.323 e. The van der Waals surface area contributed by atoms with E-state index in [-0.39, 0.29) is 0 Å². The molecule has 0 spiro atoms. The van der Waals surface area contributed by atoms with Crippen LogP contribution in [0.25, 0.3) is 0 Å². The molecule has 106 valence electrons. The molecule has 1 aliphatic heterocycles. The number of carboxylic acid groups (broad SMARTS) is 1. The van der Waals surface area contributed by atoms with Crippen LogP contribution in [0.2, 0.25) is 0 Å². The van der Waals surface area contributed by atoms with E-state index >= 15 is 0 Å². The molecule has 19 heavy (non-hydrogen) atoms. The van der Waals surface area contributed by atoms with Gasteiger partial charge in [0, 0.05) is 18.8 Å². The zero-order valence-corrected chi connectivity index (χ0v) is 12.0. The summed E-state index contributed by atoms with van der Waals surface area (Å²) in [6.07, 6.45) is 4.72. The topological polar surface area (TPSA) is 58.4 Å². The van der Waals surface area contributed by atoms with Gasteiger partial charge in [0.15, 0.2) is 0 Å². The van der Waals surface area contributed by atoms with E-state index in [9.17, 15) is 9.90 Å². The standard InChI is InChI=1S/C14H23N3O2/c1-11(2)17-9-6-12(15-17)10-16-8-5-4-7-14(16,3)13(18)19/h6,9,11H,4-5,7-8,10H2,1-3H3,(H,18,19). The fourth-order valence-corrected chi connectivity index (χ4v) is 2.62. The Labute approximate surface area is 114 Å². The Morgan fingerprint density at radius 1 is 1.53 bits per heavy atom. The lowest BCUT2D eigenvalue weighted by molar-refractivity contribution is -0.153. The first-order chi connectivity index (χ1) is 8.93. The van der Waals surface area contributed by atoms with Gasteiger partial charge in [0.2, 0.25) is 0 Å². The van der Waals surface area contributed by atoms with E-state index in [0.29, 0.717) is 19.0 Å². The zero-order valence-electron chi connectivity index (χ0n) is 12.0. The van der Waals surface area contributed by atoms with Gasteiger partial charge in [-0.3, -0.25) is 14.4 Å². The molecule has 0 radical (unpaired) electrons. The average molecular weight is 265 g/mol. The molecule has 1 fully saturated rings. The highest BCUT2D eigenvalue weighted by molar-refractivity contribution is 5.78. The van der Waals surface area contributed by atoms with Crippen LogP contribution in [0.5, 0.6) is 0 Å². The highest BCUT2D eigenvalue weighted by Crippen LogP contribution is 2.29. The van der Waals surface area contributed by atoms with Crippen molar-refractivity contribution in [1.82, 2.24) is 14.7 Å². The van der Waals surface area contributed by atoms with Crippen LogP contribution >= 0.6 is 0 Å². The van der Waals surface area contributed by atoms with E-state index in [1.165, 1.54) is 0 Å². The second kappa shape index (κ2) is 5.33. The first-order valence-electron chi connectivity index (χ1n) is 6.96. The molecule has 5 heteroatoms. The van der Waals surface area contributed by atoms with Crippen molar-refractivity contribution in [3.63, 3.8) is 0 Å². The van der Waals surface area contributed by atoms with Crippen molar-refractivity contribution < 1.29 is 9.90 Å². The molecule has 5 nitrogen and oxygen atoms in total. The molecule has 2 rings (SSSR count). The Kier molecular flexibility index (Phi) is 3.94. The van der Waals surface area contributed by atoms with Gasteiger partial charge in [-0.25, -0.2) is 0 Å². The summed E-state index contributed by atoms with van der Waals surface area (Å²) in [5.74, 6) is -0.726. The van der Waals surface area contributed by atoms with Gasteiger partial charge in [0.25, 0.3) is 0 Å². The predicted molar refractivity (Wildman–Crippen MR) is 72.9 cm³/mol. The number of aliphatic carboxylic acids is 1. The normalized spacial score (nSPS) is 24.8. The van der Waals surface area contributed by atoms with Gasteiger partial charge < -0.3 is 5.11 Å². The molecule has 1 aromatic rings. The minimum atomic E-state index is -0.750. The lowest BCUT2D eigenvalue weighted by Gasteiger charge is -2.41. The van der Waals surface area contributed by atoms with Gasteiger partial charge in [-0.1, -0.05) is 0 Å². The van der Waals surface area contributed by atoms with Gasteiger partial charge >= 0.3 is 5.97 Å². The first-order valence-corrected chi connectivity index (χ1v) is 6.96. The van der Waals surface area contributed by atoms with Crippen LogP contribution in [0, 0.1) is 0 Å². The van der Waals surface area contributed by atoms with Gasteiger partial charge in [-0.05, 0) is 52.6 Å². The van der Waals surface area contributed by atoms with Gasteiger partial charge in [-0.2, -0.15) is 5.10 Å². The first kappa shape index (κ1) is 14.1. The van der Waals surface area contributed by atoms with Crippen LogP contribution in [0.4, 0.5) is 0 Å². The van der Waals surface area contributed by atoms with Gasteiger partial charge in [-0.15, -0.1) is 0 Å². The van der Waals surface area contributed by atoms with Crippen LogP contribution in [-0.4, -0.2) is 37.8 Å². The summed E-state index contributed by atoms with van der Waals surface area (Å²) in [6, 6.07) is 2.32. The maximum atomic E-state index is 11.5. The van der Waals surface area contributed by atoms with E-state index < -0.39 is 11.5 Å². The van der Waals surface area contributed by atoms with Crippen LogP contribution in [-0.2, 0) is 11.3 Å². The number of likely N-dealkylation sites (tertiary alicyclic amines) is 1. The molecule has 0 amide bonds. The Balaban J connectivity index is 2.13. The molecule has 1 atom stereocenters. The quantitative estimate of drug-likeness (QED) is 0.907. The number of piperidine rings is 1. The minimum absolute atomic E-state index is 0.334. The number of aromatic nitrogens is 2. The van der Waals surface area contributed by atoms with Gasteiger partial charge in [0.05, 0.1) is 5.69 Å². The third-order valence-corrected chi connectivity index (χ3v) is 4.05. The van der Waals surface area contributed by atoms with E-state index in [0.717, 1.165) is 25.1 Å². The third kappa shape index (κ3) is 2.81. The maximum absolute atomic E-state index is 11.5. The summed E-state index contributed by atoms with van der Waals surface area (Å²) in [5.41, 5.74) is 0.197. The lowest BCUT2D eigenvalue weighted by atomic mass is 9.88. The largest absolute Gasteiger partial charge is 0.480 e. The summed E-state index contributed by atoms with van der Waals surface area (Å²) in [5, 5.41) is 14.0. The van der Waals surface area contributed by atoms with E-state index in [1.54, 1.807) is 0 Å². The Hall–Kier alpha value is -1.36. The highest BCUT2D eigenvalue weighted by Gasteiger charge is 2.41. The van der Waals surface area contributed by atoms with E-state index in [4.69, 9.17) is 0 Å². The summed E-state index contributed by atoms with van der Waals surface area (Å²) in [4.78, 5) is 13.6. The fraction of sp³-hybridized carbons (Fsp3) is 0.714. The number of carbonyl (C=O) groups is 1. The highest BCUT2D eigenvalue weighted by atomic mass is 16.4. The van der Waals surface area contributed by atoms with E-state index in [1.807, 2.05) is 28.8 Å². The summed E-state index contributed by atoms with van der Waals surface area (Å²) >= 11 is 0. The second-order valence-electron chi connectivity index (χ2n) is 5.84. The number of hydrogen-bond donors (Lipinski definition) is 1. The Morgan fingerprint density at radius 3 is 2.84 bits per heavy atom. The number of rotatable bonds is 4. The molecule has 1 aliphatic rings. The average Bonchev–Trinajstić information content (AvgIpc) is 2.81. The van der Waals surface area contributed by atoms with Crippen LogP contribution in [0.1, 0.15) is 51.8 Å².